The number of halogens is 1. The monoisotopic (exact) mass is 464 g/mol. The van der Waals surface area contributed by atoms with Crippen molar-refractivity contribution < 1.29 is 19.4 Å². The van der Waals surface area contributed by atoms with Crippen LogP contribution >= 0.6 is 11.6 Å². The van der Waals surface area contributed by atoms with E-state index in [4.69, 9.17) is 21.4 Å². The first-order chi connectivity index (χ1) is 16.0. The van der Waals surface area contributed by atoms with Gasteiger partial charge in [-0.25, -0.2) is 9.59 Å². The molecule has 0 saturated carbocycles. The molecule has 6 nitrogen and oxygen atoms in total. The lowest BCUT2D eigenvalue weighted by atomic mass is 9.88. The zero-order valence-corrected chi connectivity index (χ0v) is 18.8. The number of aliphatic carboxylic acids is 1. The van der Waals surface area contributed by atoms with Gasteiger partial charge >= 0.3 is 12.0 Å². The molecule has 4 rings (SSSR count). The summed E-state index contributed by atoms with van der Waals surface area (Å²) in [6, 6.07) is 22.4. The SMILES string of the molecule is O=C(O)COc1ccc(Cl)cc1C1c2ccccc2CCN1C(=O)NCCc1ccccc1. The van der Waals surface area contributed by atoms with E-state index >= 15 is 0 Å². The summed E-state index contributed by atoms with van der Waals surface area (Å²) in [5.41, 5.74) is 3.93. The molecule has 1 atom stereocenters. The molecule has 3 aromatic carbocycles. The largest absolute Gasteiger partial charge is 0.482 e. The van der Waals surface area contributed by atoms with Gasteiger partial charge in [-0.2, -0.15) is 0 Å². The first kappa shape index (κ1) is 22.7. The maximum atomic E-state index is 13.3. The number of urea groups is 1. The van der Waals surface area contributed by atoms with Crippen LogP contribution in [-0.4, -0.2) is 41.7 Å². The zero-order chi connectivity index (χ0) is 23.2. The first-order valence-electron chi connectivity index (χ1n) is 10.8. The molecule has 1 heterocycles. The average molecular weight is 465 g/mol. The van der Waals surface area contributed by atoms with E-state index < -0.39 is 18.6 Å². The second kappa shape index (κ2) is 10.4. The number of carboxylic acid groups (broad SMARTS) is 1. The first-order valence-corrected chi connectivity index (χ1v) is 11.2. The minimum Gasteiger partial charge on any atom is -0.482 e. The number of benzene rings is 3. The molecule has 0 fully saturated rings. The third-order valence-electron chi connectivity index (χ3n) is 5.69. The van der Waals surface area contributed by atoms with Crippen LogP contribution in [0.5, 0.6) is 5.75 Å². The minimum atomic E-state index is -1.07. The molecule has 3 aromatic rings. The maximum absolute atomic E-state index is 13.3. The Hall–Kier alpha value is -3.51. The van der Waals surface area contributed by atoms with Gasteiger partial charge in [-0.3, -0.25) is 0 Å². The van der Waals surface area contributed by atoms with Gasteiger partial charge in [-0.05, 0) is 47.7 Å². The molecule has 0 bridgehead atoms. The van der Waals surface area contributed by atoms with E-state index in [0.29, 0.717) is 29.4 Å². The van der Waals surface area contributed by atoms with Crippen LogP contribution in [0.4, 0.5) is 4.79 Å². The van der Waals surface area contributed by atoms with Crippen molar-refractivity contribution in [2.75, 3.05) is 19.7 Å². The van der Waals surface area contributed by atoms with Crippen molar-refractivity contribution in [3.63, 3.8) is 0 Å². The van der Waals surface area contributed by atoms with Gasteiger partial charge in [0.15, 0.2) is 6.61 Å². The highest BCUT2D eigenvalue weighted by molar-refractivity contribution is 6.30. The minimum absolute atomic E-state index is 0.186. The molecule has 1 aliphatic rings. The number of ether oxygens (including phenoxy) is 1. The standard InChI is InChI=1S/C26H25ClN2O4/c27-20-10-11-23(33-17-24(30)31)22(16-20)25-21-9-5-4-8-19(21)13-15-29(25)26(32)28-14-12-18-6-2-1-3-7-18/h1-11,16,25H,12-15,17H2,(H,28,32)(H,30,31). The summed E-state index contributed by atoms with van der Waals surface area (Å²) in [7, 11) is 0. The second-order valence-electron chi connectivity index (χ2n) is 7.88. The van der Waals surface area contributed by atoms with Crippen LogP contribution in [-0.2, 0) is 17.6 Å². The van der Waals surface area contributed by atoms with Gasteiger partial charge in [0, 0.05) is 23.7 Å². The van der Waals surface area contributed by atoms with Crippen molar-refractivity contribution >= 4 is 23.6 Å². The fourth-order valence-electron chi connectivity index (χ4n) is 4.18. The highest BCUT2D eigenvalue weighted by Crippen LogP contribution is 2.40. The van der Waals surface area contributed by atoms with Crippen LogP contribution in [0.15, 0.2) is 72.8 Å². The topological polar surface area (TPSA) is 78.9 Å². The van der Waals surface area contributed by atoms with Crippen molar-refractivity contribution in [3.8, 4) is 5.75 Å². The molecule has 33 heavy (non-hydrogen) atoms. The van der Waals surface area contributed by atoms with Crippen LogP contribution < -0.4 is 10.1 Å². The number of carbonyl (C=O) groups excluding carboxylic acids is 1. The van der Waals surface area contributed by atoms with Gasteiger partial charge in [0.1, 0.15) is 5.75 Å². The van der Waals surface area contributed by atoms with Crippen LogP contribution in [0.25, 0.3) is 0 Å². The number of nitrogens with one attached hydrogen (secondary N) is 1. The Morgan fingerprint density at radius 3 is 2.58 bits per heavy atom. The molecule has 0 spiro atoms. The predicted octanol–water partition coefficient (Wildman–Crippen LogP) is 4.70. The van der Waals surface area contributed by atoms with Gasteiger partial charge in [0.05, 0.1) is 6.04 Å². The summed E-state index contributed by atoms with van der Waals surface area (Å²) in [5.74, 6) is -0.680. The number of amides is 2. The summed E-state index contributed by atoms with van der Waals surface area (Å²) in [6.07, 6.45) is 1.45. The molecule has 2 N–H and O–H groups in total. The molecule has 1 aliphatic heterocycles. The predicted molar refractivity (Wildman–Crippen MR) is 127 cm³/mol. The van der Waals surface area contributed by atoms with E-state index in [0.717, 1.165) is 29.5 Å². The van der Waals surface area contributed by atoms with Gasteiger partial charge < -0.3 is 20.1 Å². The van der Waals surface area contributed by atoms with Crippen LogP contribution in [0.1, 0.15) is 28.3 Å². The molecule has 1 unspecified atom stereocenters. The number of hydrogen-bond donors (Lipinski definition) is 2. The van der Waals surface area contributed by atoms with Gasteiger partial charge in [0.2, 0.25) is 0 Å². The molecule has 0 aromatic heterocycles. The van der Waals surface area contributed by atoms with Crippen molar-refractivity contribution in [1.29, 1.82) is 0 Å². The Bertz CT molecular complexity index is 1140. The molecule has 0 saturated heterocycles. The third kappa shape index (κ3) is 5.46. The van der Waals surface area contributed by atoms with Crippen molar-refractivity contribution in [2.24, 2.45) is 0 Å². The molecular weight excluding hydrogens is 440 g/mol. The third-order valence-corrected chi connectivity index (χ3v) is 5.93. The lowest BCUT2D eigenvalue weighted by molar-refractivity contribution is -0.139. The van der Waals surface area contributed by atoms with Crippen molar-refractivity contribution in [2.45, 2.75) is 18.9 Å². The number of hydrogen-bond acceptors (Lipinski definition) is 3. The van der Waals surface area contributed by atoms with E-state index in [1.807, 2.05) is 48.5 Å². The lowest BCUT2D eigenvalue weighted by Crippen LogP contribution is -2.46. The molecule has 0 aliphatic carbocycles. The fourth-order valence-corrected chi connectivity index (χ4v) is 4.37. The highest BCUT2D eigenvalue weighted by Gasteiger charge is 2.34. The van der Waals surface area contributed by atoms with E-state index in [2.05, 4.69) is 11.4 Å². The van der Waals surface area contributed by atoms with Crippen LogP contribution in [0, 0.1) is 0 Å². The Balaban J connectivity index is 1.63. The lowest BCUT2D eigenvalue weighted by Gasteiger charge is -2.38. The average Bonchev–Trinajstić information content (AvgIpc) is 2.83. The van der Waals surface area contributed by atoms with Gasteiger partial charge in [-0.1, -0.05) is 66.2 Å². The molecule has 170 valence electrons. The Morgan fingerprint density at radius 2 is 1.79 bits per heavy atom. The Kier molecular flexibility index (Phi) is 7.15. The van der Waals surface area contributed by atoms with Crippen LogP contribution in [0.2, 0.25) is 5.02 Å². The summed E-state index contributed by atoms with van der Waals surface area (Å²) >= 11 is 6.31. The van der Waals surface area contributed by atoms with E-state index in [9.17, 15) is 9.59 Å². The Morgan fingerprint density at radius 1 is 1.03 bits per heavy atom. The molecule has 2 amide bonds. The number of nitrogens with zero attached hydrogens (tertiary/aromatic N) is 1. The van der Waals surface area contributed by atoms with Crippen LogP contribution in [0.3, 0.4) is 0 Å². The molecule has 7 heteroatoms. The quantitative estimate of drug-likeness (QED) is 0.531. The van der Waals surface area contributed by atoms with Gasteiger partial charge in [-0.15, -0.1) is 0 Å². The number of carboxylic acids is 1. The normalized spacial score (nSPS) is 14.9. The second-order valence-corrected chi connectivity index (χ2v) is 8.31. The van der Waals surface area contributed by atoms with E-state index in [1.54, 1.807) is 23.1 Å². The van der Waals surface area contributed by atoms with Crippen molar-refractivity contribution in [1.82, 2.24) is 10.2 Å². The summed E-state index contributed by atoms with van der Waals surface area (Å²) < 4.78 is 5.57. The smallest absolute Gasteiger partial charge is 0.341 e. The number of carbonyl (C=O) groups is 2. The summed E-state index contributed by atoms with van der Waals surface area (Å²) in [6.45, 7) is 0.543. The summed E-state index contributed by atoms with van der Waals surface area (Å²) in [4.78, 5) is 26.2. The number of rotatable bonds is 7. The zero-order valence-electron chi connectivity index (χ0n) is 18.0. The number of fused-ring (bicyclic) bond motifs is 1. The van der Waals surface area contributed by atoms with Gasteiger partial charge in [0.25, 0.3) is 0 Å². The molecular formula is C26H25ClN2O4. The van der Waals surface area contributed by atoms with Crippen molar-refractivity contribution in [3.05, 3.63) is 100 Å². The van der Waals surface area contributed by atoms with E-state index in [1.165, 1.54) is 0 Å². The maximum Gasteiger partial charge on any atom is 0.341 e. The molecule has 0 radical (unpaired) electrons. The Labute approximate surface area is 197 Å². The fraction of sp³-hybridized carbons (Fsp3) is 0.231. The summed E-state index contributed by atoms with van der Waals surface area (Å²) in [5, 5.41) is 12.6. The highest BCUT2D eigenvalue weighted by atomic mass is 35.5. The van der Waals surface area contributed by atoms with E-state index in [-0.39, 0.29) is 6.03 Å².